The minimum atomic E-state index is -1.61. The lowest BCUT2D eigenvalue weighted by atomic mass is 9.92. The summed E-state index contributed by atoms with van der Waals surface area (Å²) < 4.78 is 5.04. The van der Waals surface area contributed by atoms with Crippen molar-refractivity contribution in [1.82, 2.24) is 5.32 Å². The average Bonchev–Trinajstić information content (AvgIpc) is 2.38. The zero-order chi connectivity index (χ0) is 15.4. The highest BCUT2D eigenvalue weighted by Crippen LogP contribution is 2.20. The van der Waals surface area contributed by atoms with Crippen LogP contribution in [-0.2, 0) is 14.3 Å². The van der Waals surface area contributed by atoms with E-state index in [1.54, 1.807) is 0 Å². The van der Waals surface area contributed by atoms with E-state index in [0.717, 1.165) is 6.08 Å². The van der Waals surface area contributed by atoms with Gasteiger partial charge in [-0.1, -0.05) is 0 Å². The van der Waals surface area contributed by atoms with E-state index in [1.165, 1.54) is 6.92 Å². The molecule has 0 fully saturated rings. The van der Waals surface area contributed by atoms with Gasteiger partial charge < -0.3 is 41.0 Å². The zero-order valence-electron chi connectivity index (χ0n) is 10.9. The molecule has 0 bridgehead atoms. The molecule has 1 aliphatic rings. The minimum absolute atomic E-state index is 0.437. The number of carboxylic acids is 1. The number of hydrogen-bond acceptors (Lipinski definition) is 7. The van der Waals surface area contributed by atoms with Gasteiger partial charge in [-0.05, 0) is 0 Å². The number of rotatable bonds is 5. The topological polar surface area (TPSA) is 167 Å². The molecule has 1 aliphatic heterocycles. The highest BCUT2D eigenvalue weighted by atomic mass is 16.5. The quantitative estimate of drug-likeness (QED) is 0.337. The van der Waals surface area contributed by atoms with Crippen LogP contribution in [0.4, 0.5) is 0 Å². The predicted molar refractivity (Wildman–Crippen MR) is 61.3 cm³/mol. The van der Waals surface area contributed by atoms with Crippen LogP contribution < -0.4 is 16.2 Å². The third kappa shape index (κ3) is 3.67. The smallest absolute Gasteiger partial charge is 0.217 e. The van der Waals surface area contributed by atoms with Gasteiger partial charge in [0.15, 0.2) is 6.10 Å². The first-order chi connectivity index (χ1) is 9.27. The Labute approximate surface area is 114 Å². The summed E-state index contributed by atoms with van der Waals surface area (Å²) in [5.74, 6) is -2.58. The van der Waals surface area contributed by atoms with Crippen LogP contribution in [0.15, 0.2) is 11.8 Å². The molecule has 9 nitrogen and oxygen atoms in total. The van der Waals surface area contributed by atoms with Gasteiger partial charge in [-0.25, -0.2) is 0 Å². The molecule has 0 aliphatic carbocycles. The highest BCUT2D eigenvalue weighted by molar-refractivity contribution is 5.82. The van der Waals surface area contributed by atoms with E-state index in [-0.39, 0.29) is 0 Å². The molecule has 3 unspecified atom stereocenters. The Kier molecular flexibility index (Phi) is 5.45. The lowest BCUT2D eigenvalue weighted by Crippen LogP contribution is -2.75. The van der Waals surface area contributed by atoms with Crippen LogP contribution in [0.5, 0.6) is 0 Å². The number of nitrogens with one attached hydrogen (secondary N) is 1. The Morgan fingerprint density at radius 2 is 2.15 bits per heavy atom. The first-order valence-electron chi connectivity index (χ1n) is 5.95. The molecule has 0 aromatic heterocycles. The number of aliphatic hydroxyl groups excluding tert-OH is 3. The normalized spacial score (nSPS) is 28.9. The predicted octanol–water partition coefficient (Wildman–Crippen LogP) is -5.15. The van der Waals surface area contributed by atoms with Crippen molar-refractivity contribution >= 4 is 11.9 Å². The maximum Gasteiger partial charge on any atom is 0.217 e. The maximum atomic E-state index is 11.1. The number of carboxylic acid groups (broad SMARTS) is 1. The molecule has 7 N–H and O–H groups in total. The van der Waals surface area contributed by atoms with E-state index in [9.17, 15) is 24.9 Å². The second-order valence-electron chi connectivity index (χ2n) is 4.53. The molecule has 9 heteroatoms. The SMILES string of the molecule is CC(=O)NC1C([NH3+])C=C(C(=O)[O-])OC1[C@H](O)[C@H](O)CO. The number of quaternary nitrogens is 1. The van der Waals surface area contributed by atoms with Gasteiger partial charge in [0.05, 0.1) is 6.61 Å². The lowest BCUT2D eigenvalue weighted by Gasteiger charge is -2.38. The Bertz CT molecular complexity index is 412. The van der Waals surface area contributed by atoms with Crippen LogP contribution in [0.3, 0.4) is 0 Å². The first-order valence-corrected chi connectivity index (χ1v) is 5.95. The fourth-order valence-electron chi connectivity index (χ4n) is 1.95. The minimum Gasteiger partial charge on any atom is -0.542 e. The molecule has 5 atom stereocenters. The molecule has 0 radical (unpaired) electrons. The second kappa shape index (κ2) is 6.66. The molecule has 0 aromatic rings. The molecule has 1 rings (SSSR count). The van der Waals surface area contributed by atoms with Crippen LogP contribution in [0.25, 0.3) is 0 Å². The molecule has 0 spiro atoms. The van der Waals surface area contributed by atoms with E-state index in [0.29, 0.717) is 0 Å². The molecule has 114 valence electrons. The standard InChI is InChI=1S/C11H18N2O7/c1-4(15)13-8-5(12)2-7(11(18)19)20-10(8)9(17)6(16)3-14/h2,5-6,8-10,14,16-17H,3,12H2,1H3,(H,13,15)(H,18,19)/t5?,6-,8?,9-,10?/m1/s1. The van der Waals surface area contributed by atoms with Gasteiger partial charge in [0.1, 0.15) is 36.0 Å². The summed E-state index contributed by atoms with van der Waals surface area (Å²) in [6.07, 6.45) is -3.29. The number of aliphatic hydroxyl groups is 3. The molecule has 1 heterocycles. The summed E-state index contributed by atoms with van der Waals surface area (Å²) in [6.45, 7) is 0.483. The fourth-order valence-corrected chi connectivity index (χ4v) is 1.95. The van der Waals surface area contributed by atoms with Gasteiger partial charge in [0.2, 0.25) is 5.91 Å². The van der Waals surface area contributed by atoms with Gasteiger partial charge in [-0.3, -0.25) is 4.79 Å². The Hall–Kier alpha value is -1.68. The summed E-state index contributed by atoms with van der Waals surface area (Å²) in [5.41, 5.74) is 3.66. The number of carbonyl (C=O) groups is 2. The van der Waals surface area contributed by atoms with Gasteiger partial charge >= 0.3 is 0 Å². The molecular formula is C11H18N2O7. The summed E-state index contributed by atoms with van der Waals surface area (Å²) in [6, 6.07) is -1.57. The summed E-state index contributed by atoms with van der Waals surface area (Å²) in [7, 11) is 0. The van der Waals surface area contributed by atoms with E-state index < -0.39 is 54.6 Å². The number of amides is 1. The number of ether oxygens (including phenoxy) is 1. The number of hydrogen-bond donors (Lipinski definition) is 5. The van der Waals surface area contributed by atoms with Crippen LogP contribution in [-0.4, -0.2) is 64.2 Å². The number of aliphatic carboxylic acids is 1. The third-order valence-electron chi connectivity index (χ3n) is 2.93. The lowest BCUT2D eigenvalue weighted by molar-refractivity contribution is -0.418. The van der Waals surface area contributed by atoms with E-state index in [1.807, 2.05) is 0 Å². The van der Waals surface area contributed by atoms with E-state index >= 15 is 0 Å². The van der Waals surface area contributed by atoms with Crippen molar-refractivity contribution in [3.8, 4) is 0 Å². The first kappa shape index (κ1) is 16.4. The van der Waals surface area contributed by atoms with Gasteiger partial charge in [0, 0.05) is 13.0 Å². The third-order valence-corrected chi connectivity index (χ3v) is 2.93. The fraction of sp³-hybridized carbons (Fsp3) is 0.636. The van der Waals surface area contributed by atoms with Gasteiger partial charge in [-0.15, -0.1) is 0 Å². The zero-order valence-corrected chi connectivity index (χ0v) is 10.9. The van der Waals surface area contributed by atoms with Crippen molar-refractivity contribution < 1.29 is 40.5 Å². The van der Waals surface area contributed by atoms with Crippen LogP contribution in [0.1, 0.15) is 6.92 Å². The molecule has 0 aromatic carbocycles. The van der Waals surface area contributed by atoms with Crippen molar-refractivity contribution in [3.63, 3.8) is 0 Å². The van der Waals surface area contributed by atoms with Gasteiger partial charge in [-0.2, -0.15) is 0 Å². The molecule has 20 heavy (non-hydrogen) atoms. The van der Waals surface area contributed by atoms with E-state index in [2.05, 4.69) is 11.1 Å². The van der Waals surface area contributed by atoms with Gasteiger partial charge in [0.25, 0.3) is 0 Å². The summed E-state index contributed by atoms with van der Waals surface area (Å²) in [5, 5.41) is 41.5. The largest absolute Gasteiger partial charge is 0.542 e. The second-order valence-corrected chi connectivity index (χ2v) is 4.53. The van der Waals surface area contributed by atoms with Crippen molar-refractivity contribution in [2.75, 3.05) is 6.61 Å². The molecule has 1 amide bonds. The Morgan fingerprint density at radius 3 is 2.60 bits per heavy atom. The highest BCUT2D eigenvalue weighted by Gasteiger charge is 2.42. The van der Waals surface area contributed by atoms with Crippen molar-refractivity contribution in [1.29, 1.82) is 0 Å². The Balaban J connectivity index is 3.04. The van der Waals surface area contributed by atoms with Crippen molar-refractivity contribution in [2.24, 2.45) is 0 Å². The van der Waals surface area contributed by atoms with Crippen molar-refractivity contribution in [2.45, 2.75) is 37.3 Å². The molecular weight excluding hydrogens is 272 g/mol. The maximum absolute atomic E-state index is 11.1. The van der Waals surface area contributed by atoms with Crippen LogP contribution >= 0.6 is 0 Å². The summed E-state index contributed by atoms with van der Waals surface area (Å²) in [4.78, 5) is 22.0. The average molecular weight is 290 g/mol. The van der Waals surface area contributed by atoms with Crippen molar-refractivity contribution in [3.05, 3.63) is 11.8 Å². The Morgan fingerprint density at radius 1 is 1.55 bits per heavy atom. The van der Waals surface area contributed by atoms with Crippen LogP contribution in [0, 0.1) is 0 Å². The summed E-state index contributed by atoms with van der Waals surface area (Å²) >= 11 is 0. The number of carbonyl (C=O) groups excluding carboxylic acids is 2. The van der Waals surface area contributed by atoms with Crippen LogP contribution in [0.2, 0.25) is 0 Å². The van der Waals surface area contributed by atoms with E-state index in [4.69, 9.17) is 9.84 Å². The monoisotopic (exact) mass is 290 g/mol. The molecule has 0 saturated carbocycles. The molecule has 0 saturated heterocycles.